The first-order valence-corrected chi connectivity index (χ1v) is 8.21. The first kappa shape index (κ1) is 16.3. The van der Waals surface area contributed by atoms with E-state index in [0.29, 0.717) is 13.0 Å². The van der Waals surface area contributed by atoms with Crippen molar-refractivity contribution >= 4 is 11.9 Å². The fourth-order valence-electron chi connectivity index (χ4n) is 3.96. The predicted octanol–water partition coefficient (Wildman–Crippen LogP) is 2.19. The Morgan fingerprint density at radius 1 is 0.952 bits per heavy atom. The molecular weight excluding hydrogens is 268 g/mol. The number of nitrogens with one attached hydrogen (secondary N) is 1. The minimum atomic E-state index is -0.766. The van der Waals surface area contributed by atoms with E-state index in [1.54, 1.807) is 0 Å². The van der Waals surface area contributed by atoms with Gasteiger partial charge in [-0.05, 0) is 31.1 Å². The molecule has 0 atom stereocenters. The van der Waals surface area contributed by atoms with Crippen molar-refractivity contribution < 1.29 is 14.7 Å². The van der Waals surface area contributed by atoms with Crippen molar-refractivity contribution in [1.29, 1.82) is 0 Å². The number of amides is 1. The molecule has 4 N–H and O–H groups in total. The summed E-state index contributed by atoms with van der Waals surface area (Å²) in [4.78, 5) is 23.3. The van der Waals surface area contributed by atoms with Gasteiger partial charge < -0.3 is 16.2 Å². The van der Waals surface area contributed by atoms with Crippen molar-refractivity contribution in [3.8, 4) is 0 Å². The van der Waals surface area contributed by atoms with Gasteiger partial charge in [-0.15, -0.1) is 0 Å². The minimum absolute atomic E-state index is 0.0188. The quantitative estimate of drug-likeness (QED) is 0.700. The van der Waals surface area contributed by atoms with Crippen LogP contribution in [0.15, 0.2) is 0 Å². The van der Waals surface area contributed by atoms with Gasteiger partial charge in [0.2, 0.25) is 5.91 Å². The van der Waals surface area contributed by atoms with E-state index in [0.717, 1.165) is 51.4 Å². The molecule has 0 radical (unpaired) electrons. The Morgan fingerprint density at radius 3 is 2.10 bits per heavy atom. The second-order valence-electron chi connectivity index (χ2n) is 7.15. The molecule has 2 saturated carbocycles. The molecule has 120 valence electrons. The smallest absolute Gasteiger partial charge is 0.303 e. The zero-order valence-electron chi connectivity index (χ0n) is 12.8. The summed E-state index contributed by atoms with van der Waals surface area (Å²) in [6, 6.07) is 0. The van der Waals surface area contributed by atoms with Crippen LogP contribution in [0.5, 0.6) is 0 Å². The second kappa shape index (κ2) is 6.77. The fourth-order valence-corrected chi connectivity index (χ4v) is 3.96. The molecule has 5 nitrogen and oxygen atoms in total. The Kier molecular flexibility index (Phi) is 5.25. The first-order chi connectivity index (χ1) is 9.93. The average Bonchev–Trinajstić information content (AvgIpc) is 2.83. The Balaban J connectivity index is 1.85. The van der Waals surface area contributed by atoms with Gasteiger partial charge in [-0.3, -0.25) is 9.59 Å². The van der Waals surface area contributed by atoms with Crippen LogP contribution in [0.1, 0.15) is 70.6 Å². The molecule has 0 saturated heterocycles. The van der Waals surface area contributed by atoms with Gasteiger partial charge in [0.1, 0.15) is 0 Å². The summed E-state index contributed by atoms with van der Waals surface area (Å²) in [7, 11) is 0. The highest BCUT2D eigenvalue weighted by atomic mass is 16.4. The highest BCUT2D eigenvalue weighted by Gasteiger charge is 2.36. The molecule has 2 aliphatic carbocycles. The lowest BCUT2D eigenvalue weighted by Gasteiger charge is -2.36. The van der Waals surface area contributed by atoms with Crippen LogP contribution < -0.4 is 11.1 Å². The van der Waals surface area contributed by atoms with Crippen LogP contribution in [0.3, 0.4) is 0 Å². The van der Waals surface area contributed by atoms with Crippen LogP contribution in [0, 0.1) is 5.41 Å². The van der Waals surface area contributed by atoms with Crippen molar-refractivity contribution in [2.75, 3.05) is 6.54 Å². The zero-order valence-corrected chi connectivity index (χ0v) is 12.8. The van der Waals surface area contributed by atoms with Gasteiger partial charge in [0.05, 0.1) is 6.42 Å². The molecule has 21 heavy (non-hydrogen) atoms. The number of hydrogen-bond donors (Lipinski definition) is 3. The zero-order chi connectivity index (χ0) is 15.3. The van der Waals surface area contributed by atoms with Gasteiger partial charge in [-0.1, -0.05) is 32.1 Å². The van der Waals surface area contributed by atoms with E-state index >= 15 is 0 Å². The SMILES string of the molecule is NC1(CC(=O)NCC2(CC(=O)O)CCCCC2)CCCC1. The van der Waals surface area contributed by atoms with Crippen molar-refractivity contribution in [3.63, 3.8) is 0 Å². The molecule has 0 spiro atoms. The lowest BCUT2D eigenvalue weighted by Crippen LogP contribution is -2.45. The van der Waals surface area contributed by atoms with Crippen molar-refractivity contribution in [2.45, 2.75) is 76.2 Å². The Morgan fingerprint density at radius 2 is 1.52 bits per heavy atom. The lowest BCUT2D eigenvalue weighted by atomic mass is 9.71. The number of carbonyl (C=O) groups excluding carboxylic acids is 1. The molecule has 0 unspecified atom stereocenters. The highest BCUT2D eigenvalue weighted by Crippen LogP contribution is 2.39. The molecule has 2 fully saturated rings. The van der Waals surface area contributed by atoms with Gasteiger partial charge in [-0.25, -0.2) is 0 Å². The van der Waals surface area contributed by atoms with Gasteiger partial charge in [0, 0.05) is 18.5 Å². The van der Waals surface area contributed by atoms with Crippen molar-refractivity contribution in [3.05, 3.63) is 0 Å². The predicted molar refractivity (Wildman–Crippen MR) is 80.8 cm³/mol. The van der Waals surface area contributed by atoms with Crippen LogP contribution in [-0.2, 0) is 9.59 Å². The Labute approximate surface area is 126 Å². The van der Waals surface area contributed by atoms with E-state index in [1.165, 1.54) is 6.42 Å². The van der Waals surface area contributed by atoms with E-state index in [9.17, 15) is 9.59 Å². The Hall–Kier alpha value is -1.10. The summed E-state index contributed by atoms with van der Waals surface area (Å²) in [6.07, 6.45) is 9.65. The molecule has 2 aliphatic rings. The maximum absolute atomic E-state index is 12.1. The summed E-state index contributed by atoms with van der Waals surface area (Å²) >= 11 is 0. The molecular formula is C16H28N2O3. The third-order valence-corrected chi connectivity index (χ3v) is 5.21. The van der Waals surface area contributed by atoms with E-state index < -0.39 is 5.97 Å². The van der Waals surface area contributed by atoms with Crippen LogP contribution in [0.4, 0.5) is 0 Å². The monoisotopic (exact) mass is 296 g/mol. The van der Waals surface area contributed by atoms with E-state index in [4.69, 9.17) is 10.8 Å². The number of nitrogens with two attached hydrogens (primary N) is 1. The second-order valence-corrected chi connectivity index (χ2v) is 7.15. The van der Waals surface area contributed by atoms with Crippen molar-refractivity contribution in [2.24, 2.45) is 11.1 Å². The van der Waals surface area contributed by atoms with Crippen LogP contribution in [0.25, 0.3) is 0 Å². The van der Waals surface area contributed by atoms with Crippen LogP contribution in [-0.4, -0.2) is 29.1 Å². The number of carboxylic acid groups (broad SMARTS) is 1. The van der Waals surface area contributed by atoms with Crippen LogP contribution >= 0.6 is 0 Å². The topological polar surface area (TPSA) is 92.4 Å². The van der Waals surface area contributed by atoms with Crippen LogP contribution in [0.2, 0.25) is 0 Å². The average molecular weight is 296 g/mol. The first-order valence-electron chi connectivity index (χ1n) is 8.21. The molecule has 0 bridgehead atoms. The summed E-state index contributed by atoms with van der Waals surface area (Å²) in [5.74, 6) is -0.785. The van der Waals surface area contributed by atoms with Gasteiger partial charge in [0.15, 0.2) is 0 Å². The van der Waals surface area contributed by atoms with Gasteiger partial charge in [0.25, 0.3) is 0 Å². The maximum Gasteiger partial charge on any atom is 0.303 e. The molecule has 0 heterocycles. The molecule has 5 heteroatoms. The fraction of sp³-hybridized carbons (Fsp3) is 0.875. The third kappa shape index (κ3) is 4.70. The molecule has 1 amide bonds. The molecule has 0 aromatic heterocycles. The number of carboxylic acids is 1. The summed E-state index contributed by atoms with van der Waals surface area (Å²) in [5.41, 5.74) is 5.64. The molecule has 0 aromatic rings. The number of rotatable bonds is 6. The summed E-state index contributed by atoms with van der Waals surface area (Å²) < 4.78 is 0. The number of hydrogen-bond acceptors (Lipinski definition) is 3. The minimum Gasteiger partial charge on any atom is -0.481 e. The van der Waals surface area contributed by atoms with E-state index in [-0.39, 0.29) is 23.3 Å². The van der Waals surface area contributed by atoms with Crippen molar-refractivity contribution in [1.82, 2.24) is 5.32 Å². The van der Waals surface area contributed by atoms with E-state index in [1.807, 2.05) is 0 Å². The van der Waals surface area contributed by atoms with Gasteiger partial charge >= 0.3 is 5.97 Å². The number of aliphatic carboxylic acids is 1. The summed E-state index contributed by atoms with van der Waals surface area (Å²) in [5, 5.41) is 12.1. The normalized spacial score (nSPS) is 23.7. The maximum atomic E-state index is 12.1. The molecule has 0 aromatic carbocycles. The van der Waals surface area contributed by atoms with Gasteiger partial charge in [-0.2, -0.15) is 0 Å². The lowest BCUT2D eigenvalue weighted by molar-refractivity contribution is -0.140. The third-order valence-electron chi connectivity index (χ3n) is 5.21. The standard InChI is InChI=1S/C16H28N2O3/c17-16(8-4-5-9-16)10-13(19)18-12-15(11-14(20)21)6-2-1-3-7-15/h1-12,17H2,(H,18,19)(H,20,21). The van der Waals surface area contributed by atoms with E-state index in [2.05, 4.69) is 5.32 Å². The molecule has 2 rings (SSSR count). The largest absolute Gasteiger partial charge is 0.481 e. The Bertz CT molecular complexity index is 383. The highest BCUT2D eigenvalue weighted by molar-refractivity contribution is 5.77. The number of carbonyl (C=O) groups is 2. The summed E-state index contributed by atoms with van der Waals surface area (Å²) in [6.45, 7) is 0.480. The molecule has 0 aliphatic heterocycles.